The molecule has 9 nitrogen and oxygen atoms in total. The molecule has 1 unspecified atom stereocenters. The summed E-state index contributed by atoms with van der Waals surface area (Å²) in [5.74, 6) is 2.64. The third-order valence-electron chi connectivity index (χ3n) is 4.89. The highest BCUT2D eigenvalue weighted by Crippen LogP contribution is 2.17. The molecule has 2 heterocycles. The van der Waals surface area contributed by atoms with E-state index < -0.39 is 0 Å². The van der Waals surface area contributed by atoms with Crippen LogP contribution in [-0.4, -0.2) is 57.4 Å². The molecule has 30 heavy (non-hydrogen) atoms. The smallest absolute Gasteiger partial charge is 0.255 e. The van der Waals surface area contributed by atoms with E-state index in [4.69, 9.17) is 0 Å². The van der Waals surface area contributed by atoms with Crippen molar-refractivity contribution in [1.82, 2.24) is 30.7 Å². The van der Waals surface area contributed by atoms with E-state index >= 15 is 0 Å². The largest absolute Gasteiger partial charge is 0.507 e. The Bertz CT molecular complexity index is 891. The highest BCUT2D eigenvalue weighted by molar-refractivity contribution is 5.96. The SMILES string of the molecule is CCNC(=NCCNC(=O)c1ccccc1O)NC1CCc2nc(C(C)C)nn2C1. The second-order valence-corrected chi connectivity index (χ2v) is 7.64. The number of guanidine groups is 1. The van der Waals surface area contributed by atoms with Crippen LogP contribution in [0.5, 0.6) is 5.75 Å². The lowest BCUT2D eigenvalue weighted by atomic mass is 10.1. The standard InChI is InChI=1S/C21H31N7O2/c1-4-22-21(24-12-11-23-20(30)16-7-5-6-8-17(16)29)25-15-9-10-18-26-19(14(2)3)27-28(18)13-15/h5-8,14-15,29H,4,9-13H2,1-3H3,(H,23,30)(H2,22,24,25). The molecule has 1 aliphatic rings. The van der Waals surface area contributed by atoms with E-state index in [1.807, 2.05) is 11.6 Å². The summed E-state index contributed by atoms with van der Waals surface area (Å²) >= 11 is 0. The van der Waals surface area contributed by atoms with Crippen molar-refractivity contribution in [2.45, 2.75) is 52.1 Å². The highest BCUT2D eigenvalue weighted by Gasteiger charge is 2.23. The number of carbonyl (C=O) groups is 1. The van der Waals surface area contributed by atoms with Gasteiger partial charge in [0.15, 0.2) is 11.8 Å². The number of nitrogens with one attached hydrogen (secondary N) is 3. The quantitative estimate of drug-likeness (QED) is 0.310. The van der Waals surface area contributed by atoms with Gasteiger partial charge in [0.2, 0.25) is 0 Å². The number of benzene rings is 1. The van der Waals surface area contributed by atoms with Crippen molar-refractivity contribution >= 4 is 11.9 Å². The van der Waals surface area contributed by atoms with E-state index in [-0.39, 0.29) is 23.3 Å². The Kier molecular flexibility index (Phi) is 7.26. The van der Waals surface area contributed by atoms with Gasteiger partial charge in [-0.2, -0.15) is 5.10 Å². The predicted octanol–water partition coefficient (Wildman–Crippen LogP) is 1.41. The van der Waals surface area contributed by atoms with Crippen molar-refractivity contribution in [3.05, 3.63) is 41.5 Å². The van der Waals surface area contributed by atoms with Gasteiger partial charge < -0.3 is 21.1 Å². The van der Waals surface area contributed by atoms with Crippen molar-refractivity contribution in [1.29, 1.82) is 0 Å². The molecule has 1 aromatic carbocycles. The second-order valence-electron chi connectivity index (χ2n) is 7.64. The Hall–Kier alpha value is -3.10. The minimum atomic E-state index is -0.312. The van der Waals surface area contributed by atoms with Crippen LogP contribution < -0.4 is 16.0 Å². The topological polar surface area (TPSA) is 116 Å². The summed E-state index contributed by atoms with van der Waals surface area (Å²) in [6.07, 6.45) is 1.85. The summed E-state index contributed by atoms with van der Waals surface area (Å²) in [7, 11) is 0. The van der Waals surface area contributed by atoms with Crippen molar-refractivity contribution in [2.75, 3.05) is 19.6 Å². The van der Waals surface area contributed by atoms with Crippen LogP contribution in [0, 0.1) is 0 Å². The lowest BCUT2D eigenvalue weighted by molar-refractivity contribution is 0.0952. The normalized spacial score (nSPS) is 16.3. The number of phenols is 1. The number of aliphatic imine (C=N–C) groups is 1. The van der Waals surface area contributed by atoms with Crippen LogP contribution in [0.2, 0.25) is 0 Å². The number of hydrogen-bond acceptors (Lipinski definition) is 5. The number of phenolic OH excluding ortho intramolecular Hbond substituents is 1. The number of para-hydroxylation sites is 1. The summed E-state index contributed by atoms with van der Waals surface area (Å²) in [5, 5.41) is 23.9. The zero-order valence-corrected chi connectivity index (χ0v) is 17.9. The number of carbonyl (C=O) groups excluding carboxylic acids is 1. The van der Waals surface area contributed by atoms with Crippen LogP contribution in [0.3, 0.4) is 0 Å². The summed E-state index contributed by atoms with van der Waals surface area (Å²) in [6, 6.07) is 6.70. The Morgan fingerprint density at radius 2 is 2.13 bits per heavy atom. The third kappa shape index (κ3) is 5.49. The van der Waals surface area contributed by atoms with E-state index in [9.17, 15) is 9.90 Å². The first-order chi connectivity index (χ1) is 14.5. The van der Waals surface area contributed by atoms with Crippen molar-refractivity contribution in [3.8, 4) is 5.75 Å². The van der Waals surface area contributed by atoms with Crippen LogP contribution in [0.25, 0.3) is 0 Å². The first-order valence-electron chi connectivity index (χ1n) is 10.5. The van der Waals surface area contributed by atoms with E-state index in [0.29, 0.717) is 25.0 Å². The van der Waals surface area contributed by atoms with Gasteiger partial charge in [0, 0.05) is 31.5 Å². The van der Waals surface area contributed by atoms with Gasteiger partial charge in [0.1, 0.15) is 11.6 Å². The average Bonchev–Trinajstić information content (AvgIpc) is 3.15. The number of amides is 1. The molecule has 0 saturated heterocycles. The molecular formula is C21H31N7O2. The van der Waals surface area contributed by atoms with Gasteiger partial charge in [-0.1, -0.05) is 26.0 Å². The summed E-state index contributed by atoms with van der Waals surface area (Å²) in [5.41, 5.74) is 0.262. The van der Waals surface area contributed by atoms with Gasteiger partial charge in [0.05, 0.1) is 18.7 Å². The number of aromatic hydroxyl groups is 1. The fourth-order valence-corrected chi connectivity index (χ4v) is 3.30. The van der Waals surface area contributed by atoms with Gasteiger partial charge >= 0.3 is 0 Å². The lowest BCUT2D eigenvalue weighted by Crippen LogP contribution is -2.47. The lowest BCUT2D eigenvalue weighted by Gasteiger charge is -2.25. The molecule has 3 rings (SSSR count). The summed E-state index contributed by atoms with van der Waals surface area (Å²) in [6.45, 7) is 8.52. The number of fused-ring (bicyclic) bond motifs is 1. The molecule has 0 saturated carbocycles. The zero-order valence-electron chi connectivity index (χ0n) is 17.9. The van der Waals surface area contributed by atoms with Gasteiger partial charge in [-0.15, -0.1) is 0 Å². The Balaban J connectivity index is 1.52. The third-order valence-corrected chi connectivity index (χ3v) is 4.89. The molecule has 0 spiro atoms. The van der Waals surface area contributed by atoms with E-state index in [0.717, 1.165) is 37.6 Å². The van der Waals surface area contributed by atoms with Gasteiger partial charge in [-0.25, -0.2) is 9.67 Å². The van der Waals surface area contributed by atoms with Crippen molar-refractivity contribution in [2.24, 2.45) is 4.99 Å². The predicted molar refractivity (Wildman–Crippen MR) is 116 cm³/mol. The van der Waals surface area contributed by atoms with E-state index in [1.54, 1.807) is 18.2 Å². The molecule has 1 aromatic heterocycles. The molecule has 1 amide bonds. The van der Waals surface area contributed by atoms with Gasteiger partial charge in [-0.05, 0) is 25.5 Å². The Labute approximate surface area is 177 Å². The first kappa shape index (κ1) is 21.6. The number of nitrogens with zero attached hydrogens (tertiary/aromatic N) is 4. The number of aryl methyl sites for hydroxylation is 1. The molecule has 162 valence electrons. The van der Waals surface area contributed by atoms with Crippen molar-refractivity contribution < 1.29 is 9.90 Å². The maximum atomic E-state index is 12.2. The molecule has 9 heteroatoms. The molecule has 0 fully saturated rings. The molecule has 0 aliphatic carbocycles. The number of rotatable bonds is 7. The molecule has 1 aliphatic heterocycles. The number of hydrogen-bond donors (Lipinski definition) is 4. The summed E-state index contributed by atoms with van der Waals surface area (Å²) < 4.78 is 1.99. The van der Waals surface area contributed by atoms with Gasteiger partial charge in [-0.3, -0.25) is 9.79 Å². The Morgan fingerprint density at radius 1 is 1.33 bits per heavy atom. The average molecular weight is 414 g/mol. The molecule has 0 radical (unpaired) electrons. The van der Waals surface area contributed by atoms with Crippen LogP contribution in [-0.2, 0) is 13.0 Å². The fraction of sp³-hybridized carbons (Fsp3) is 0.524. The van der Waals surface area contributed by atoms with Crippen LogP contribution in [0.15, 0.2) is 29.3 Å². The maximum absolute atomic E-state index is 12.2. The van der Waals surface area contributed by atoms with E-state index in [2.05, 4.69) is 44.9 Å². The van der Waals surface area contributed by atoms with Crippen LogP contribution in [0.1, 0.15) is 55.1 Å². The molecule has 0 bridgehead atoms. The number of aromatic nitrogens is 3. The summed E-state index contributed by atoms with van der Waals surface area (Å²) in [4.78, 5) is 21.3. The minimum Gasteiger partial charge on any atom is -0.507 e. The molecule has 1 atom stereocenters. The monoisotopic (exact) mass is 413 g/mol. The van der Waals surface area contributed by atoms with Gasteiger partial charge in [0.25, 0.3) is 5.91 Å². The highest BCUT2D eigenvalue weighted by atomic mass is 16.3. The zero-order chi connectivity index (χ0) is 21.5. The Morgan fingerprint density at radius 3 is 2.87 bits per heavy atom. The maximum Gasteiger partial charge on any atom is 0.255 e. The fourth-order valence-electron chi connectivity index (χ4n) is 3.30. The molecule has 2 aromatic rings. The van der Waals surface area contributed by atoms with E-state index in [1.165, 1.54) is 6.07 Å². The van der Waals surface area contributed by atoms with Crippen molar-refractivity contribution in [3.63, 3.8) is 0 Å². The second kappa shape index (κ2) is 10.1. The van der Waals surface area contributed by atoms with Crippen LogP contribution in [0.4, 0.5) is 0 Å². The first-order valence-corrected chi connectivity index (χ1v) is 10.5. The van der Waals surface area contributed by atoms with Crippen LogP contribution >= 0.6 is 0 Å². The molecular weight excluding hydrogens is 382 g/mol. The molecule has 4 N–H and O–H groups in total. The minimum absolute atomic E-state index is 0.0288.